The molecule has 21 heavy (non-hydrogen) atoms. The van der Waals surface area contributed by atoms with Gasteiger partial charge in [-0.2, -0.15) is 0 Å². The predicted octanol–water partition coefficient (Wildman–Crippen LogP) is 1.83. The van der Waals surface area contributed by atoms with Gasteiger partial charge >= 0.3 is 5.97 Å². The summed E-state index contributed by atoms with van der Waals surface area (Å²) in [6.07, 6.45) is 0.291. The molecule has 0 aliphatic carbocycles. The SMILES string of the molecule is CC(C)C(CCO)NS(=O)(=O)c1ccc(Br)c(C(=O)O)c1. The van der Waals surface area contributed by atoms with E-state index in [2.05, 4.69) is 20.7 Å². The van der Waals surface area contributed by atoms with Crippen LogP contribution in [0.15, 0.2) is 27.6 Å². The molecule has 0 saturated carbocycles. The molecule has 6 nitrogen and oxygen atoms in total. The van der Waals surface area contributed by atoms with Crippen LogP contribution in [-0.2, 0) is 10.0 Å². The third-order valence-corrected chi connectivity index (χ3v) is 5.21. The maximum atomic E-state index is 12.3. The molecule has 0 bridgehead atoms. The number of carboxylic acid groups (broad SMARTS) is 1. The normalized spacial score (nSPS) is 13.4. The van der Waals surface area contributed by atoms with Gasteiger partial charge in [0.25, 0.3) is 0 Å². The Morgan fingerprint density at radius 1 is 1.38 bits per heavy atom. The first-order valence-electron chi connectivity index (χ1n) is 6.35. The number of sulfonamides is 1. The van der Waals surface area contributed by atoms with Gasteiger partial charge in [-0.1, -0.05) is 13.8 Å². The molecular weight excluding hydrogens is 362 g/mol. The zero-order chi connectivity index (χ0) is 16.2. The fourth-order valence-corrected chi connectivity index (χ4v) is 3.63. The number of hydrogen-bond acceptors (Lipinski definition) is 4. The molecule has 0 amide bonds. The first kappa shape index (κ1) is 18.1. The maximum Gasteiger partial charge on any atom is 0.336 e. The molecule has 0 aliphatic heterocycles. The molecule has 0 radical (unpaired) electrons. The lowest BCUT2D eigenvalue weighted by Crippen LogP contribution is -2.39. The summed E-state index contributed by atoms with van der Waals surface area (Å²) < 4.78 is 27.4. The largest absolute Gasteiger partial charge is 0.478 e. The van der Waals surface area contributed by atoms with Crippen LogP contribution in [0.2, 0.25) is 0 Å². The van der Waals surface area contributed by atoms with Gasteiger partial charge in [0.2, 0.25) is 10.0 Å². The highest BCUT2D eigenvalue weighted by atomic mass is 79.9. The number of aliphatic hydroxyl groups is 1. The van der Waals surface area contributed by atoms with Crippen molar-refractivity contribution in [2.45, 2.75) is 31.2 Å². The summed E-state index contributed by atoms with van der Waals surface area (Å²) in [5.74, 6) is -1.21. The highest BCUT2D eigenvalue weighted by molar-refractivity contribution is 9.10. The monoisotopic (exact) mass is 379 g/mol. The Morgan fingerprint density at radius 3 is 2.48 bits per heavy atom. The Bertz CT molecular complexity index is 615. The van der Waals surface area contributed by atoms with Gasteiger partial charge in [-0.25, -0.2) is 17.9 Å². The Hall–Kier alpha value is -0.960. The van der Waals surface area contributed by atoms with Gasteiger partial charge in [0.1, 0.15) is 0 Å². The summed E-state index contributed by atoms with van der Waals surface area (Å²) in [6, 6.07) is 3.39. The quantitative estimate of drug-likeness (QED) is 0.670. The van der Waals surface area contributed by atoms with Crippen molar-refractivity contribution in [1.82, 2.24) is 4.72 Å². The molecule has 1 atom stereocenters. The minimum Gasteiger partial charge on any atom is -0.478 e. The van der Waals surface area contributed by atoms with Gasteiger partial charge in [0.05, 0.1) is 10.5 Å². The Labute approximate surface area is 132 Å². The molecule has 8 heteroatoms. The van der Waals surface area contributed by atoms with E-state index in [4.69, 9.17) is 10.2 Å². The lowest BCUT2D eigenvalue weighted by molar-refractivity contribution is 0.0695. The van der Waals surface area contributed by atoms with Crippen molar-refractivity contribution < 1.29 is 23.4 Å². The summed E-state index contributed by atoms with van der Waals surface area (Å²) in [5.41, 5.74) is -0.124. The van der Waals surface area contributed by atoms with E-state index in [9.17, 15) is 13.2 Å². The molecule has 1 rings (SSSR count). The van der Waals surface area contributed by atoms with E-state index in [0.29, 0.717) is 10.9 Å². The van der Waals surface area contributed by atoms with Gasteiger partial charge in [0.15, 0.2) is 0 Å². The molecule has 3 N–H and O–H groups in total. The van der Waals surface area contributed by atoms with Gasteiger partial charge < -0.3 is 10.2 Å². The lowest BCUT2D eigenvalue weighted by Gasteiger charge is -2.21. The molecule has 0 aliphatic rings. The summed E-state index contributed by atoms with van der Waals surface area (Å²) in [6.45, 7) is 3.55. The van der Waals surface area contributed by atoms with Crippen LogP contribution < -0.4 is 4.72 Å². The van der Waals surface area contributed by atoms with E-state index in [1.54, 1.807) is 0 Å². The van der Waals surface area contributed by atoms with Gasteiger partial charge in [-0.3, -0.25) is 0 Å². The molecule has 0 heterocycles. The fourth-order valence-electron chi connectivity index (χ4n) is 1.77. The van der Waals surface area contributed by atoms with Crippen LogP contribution in [0.5, 0.6) is 0 Å². The zero-order valence-electron chi connectivity index (χ0n) is 11.7. The van der Waals surface area contributed by atoms with Gasteiger partial charge in [-0.15, -0.1) is 0 Å². The number of aromatic carboxylic acids is 1. The van der Waals surface area contributed by atoms with Crippen molar-refractivity contribution in [3.05, 3.63) is 28.2 Å². The molecule has 1 aromatic carbocycles. The lowest BCUT2D eigenvalue weighted by atomic mass is 10.0. The van der Waals surface area contributed by atoms with Crippen LogP contribution in [0.3, 0.4) is 0 Å². The van der Waals surface area contributed by atoms with Crippen LogP contribution in [-0.4, -0.2) is 37.2 Å². The number of aliphatic hydroxyl groups excluding tert-OH is 1. The third-order valence-electron chi connectivity index (χ3n) is 3.03. The zero-order valence-corrected chi connectivity index (χ0v) is 14.1. The van der Waals surface area contributed by atoms with E-state index < -0.39 is 22.0 Å². The molecular formula is C13H18BrNO5S. The smallest absolute Gasteiger partial charge is 0.336 e. The topological polar surface area (TPSA) is 104 Å². The third kappa shape index (κ3) is 4.77. The Kier molecular flexibility index (Phi) is 6.33. The Morgan fingerprint density at radius 2 is 2.00 bits per heavy atom. The number of rotatable bonds is 7. The average Bonchev–Trinajstić information content (AvgIpc) is 2.37. The minimum absolute atomic E-state index is 0.00122. The summed E-state index contributed by atoms with van der Waals surface area (Å²) in [5, 5.41) is 18.0. The maximum absolute atomic E-state index is 12.3. The van der Waals surface area contributed by atoms with E-state index in [0.717, 1.165) is 6.07 Å². The fraction of sp³-hybridized carbons (Fsp3) is 0.462. The van der Waals surface area contributed by atoms with E-state index >= 15 is 0 Å². The first-order chi connectivity index (χ1) is 9.69. The predicted molar refractivity (Wildman–Crippen MR) is 81.8 cm³/mol. The van der Waals surface area contributed by atoms with E-state index in [1.807, 2.05) is 13.8 Å². The van der Waals surface area contributed by atoms with E-state index in [1.165, 1.54) is 12.1 Å². The highest BCUT2D eigenvalue weighted by Crippen LogP contribution is 2.22. The van der Waals surface area contributed by atoms with E-state index in [-0.39, 0.29) is 23.0 Å². The van der Waals surface area contributed by atoms with Crippen molar-refractivity contribution in [1.29, 1.82) is 0 Å². The van der Waals surface area contributed by atoms with Crippen LogP contribution >= 0.6 is 15.9 Å². The van der Waals surface area contributed by atoms with Crippen molar-refractivity contribution in [3.8, 4) is 0 Å². The Balaban J connectivity index is 3.13. The molecule has 0 aromatic heterocycles. The number of nitrogens with one attached hydrogen (secondary N) is 1. The molecule has 1 unspecified atom stereocenters. The molecule has 118 valence electrons. The average molecular weight is 380 g/mol. The van der Waals surface area contributed by atoms with Gasteiger partial charge in [0, 0.05) is 17.1 Å². The second kappa shape index (κ2) is 7.35. The highest BCUT2D eigenvalue weighted by Gasteiger charge is 2.23. The molecule has 0 spiro atoms. The van der Waals surface area contributed by atoms with Crippen molar-refractivity contribution in [3.63, 3.8) is 0 Å². The van der Waals surface area contributed by atoms with Gasteiger partial charge in [-0.05, 0) is 46.5 Å². The summed E-state index contributed by atoms with van der Waals surface area (Å²) >= 11 is 3.07. The number of halogens is 1. The number of carbonyl (C=O) groups is 1. The summed E-state index contributed by atoms with van der Waals surface area (Å²) in [7, 11) is -3.84. The standard InChI is InChI=1S/C13H18BrNO5S/c1-8(2)12(5-6-16)15-21(19,20)9-3-4-11(14)10(7-9)13(17)18/h3-4,7-8,12,15-16H,5-6H2,1-2H3,(H,17,18). The van der Waals surface area contributed by atoms with Crippen molar-refractivity contribution >= 4 is 31.9 Å². The van der Waals surface area contributed by atoms with Crippen molar-refractivity contribution in [2.75, 3.05) is 6.61 Å². The second-order valence-corrected chi connectivity index (χ2v) is 7.50. The number of benzene rings is 1. The van der Waals surface area contributed by atoms with Crippen LogP contribution in [0.25, 0.3) is 0 Å². The second-order valence-electron chi connectivity index (χ2n) is 4.93. The molecule has 0 fully saturated rings. The first-order valence-corrected chi connectivity index (χ1v) is 8.62. The molecule has 1 aromatic rings. The number of hydrogen-bond donors (Lipinski definition) is 3. The van der Waals surface area contributed by atoms with Crippen LogP contribution in [0, 0.1) is 5.92 Å². The summed E-state index contributed by atoms with van der Waals surface area (Å²) in [4.78, 5) is 10.9. The van der Waals surface area contributed by atoms with Crippen molar-refractivity contribution in [2.24, 2.45) is 5.92 Å². The molecule has 0 saturated heterocycles. The van der Waals surface area contributed by atoms with Crippen LogP contribution in [0.4, 0.5) is 0 Å². The minimum atomic E-state index is -3.84. The van der Waals surface area contributed by atoms with Crippen LogP contribution in [0.1, 0.15) is 30.6 Å². The number of carboxylic acids is 1.